The Hall–Kier alpha value is -2.72. The Morgan fingerprint density at radius 2 is 1.68 bits per heavy atom. The summed E-state index contributed by atoms with van der Waals surface area (Å²) in [4.78, 5) is 14.3. The maximum absolute atomic E-state index is 13.0. The number of hydrogen-bond acceptors (Lipinski definition) is 4. The van der Waals surface area contributed by atoms with Crippen molar-refractivity contribution < 1.29 is 17.6 Å². The van der Waals surface area contributed by atoms with Crippen LogP contribution in [0.25, 0.3) is 0 Å². The number of nitrogens with zero attached hydrogens (tertiary/aromatic N) is 2. The number of hydrogen-bond donors (Lipinski definition) is 0. The lowest BCUT2D eigenvalue weighted by Crippen LogP contribution is -2.42. The average Bonchev–Trinajstić information content (AvgIpc) is 2.73. The molecular formula is C21H21FN2O3S. The van der Waals surface area contributed by atoms with Crippen molar-refractivity contribution in [2.45, 2.75) is 35.8 Å². The first-order valence-corrected chi connectivity index (χ1v) is 10.7. The van der Waals surface area contributed by atoms with Crippen LogP contribution in [0, 0.1) is 17.1 Å². The molecule has 28 heavy (non-hydrogen) atoms. The highest BCUT2D eigenvalue weighted by atomic mass is 32.2. The lowest BCUT2D eigenvalue weighted by Gasteiger charge is -2.32. The van der Waals surface area contributed by atoms with Crippen LogP contribution in [-0.2, 0) is 21.1 Å². The summed E-state index contributed by atoms with van der Waals surface area (Å²) < 4.78 is 38.4. The maximum atomic E-state index is 13.0. The number of amides is 1. The third kappa shape index (κ3) is 4.57. The van der Waals surface area contributed by atoms with Crippen LogP contribution in [0.3, 0.4) is 0 Å². The molecule has 0 saturated carbocycles. The van der Waals surface area contributed by atoms with Gasteiger partial charge in [-0.15, -0.1) is 0 Å². The summed E-state index contributed by atoms with van der Waals surface area (Å²) in [5, 5.41) is 8.26. The highest BCUT2D eigenvalue weighted by Gasteiger charge is 2.32. The molecule has 1 fully saturated rings. The van der Waals surface area contributed by atoms with E-state index in [2.05, 4.69) is 6.07 Å². The van der Waals surface area contributed by atoms with Gasteiger partial charge in [0.2, 0.25) is 5.91 Å². The second-order valence-corrected chi connectivity index (χ2v) is 9.12. The Bertz CT molecular complexity index is 972. The number of aryl methyl sites for hydroxylation is 1. The molecule has 0 aromatic heterocycles. The van der Waals surface area contributed by atoms with E-state index < -0.39 is 20.9 Å². The SMILES string of the molecule is N#Cc1ccc(CCC(=O)N2CCC(S(=O)(=O)c3ccc(F)cc3)CC2)cc1. The number of carbonyl (C=O) groups excluding carboxylic acids is 1. The van der Waals surface area contributed by atoms with Crippen molar-refractivity contribution in [3.63, 3.8) is 0 Å². The second kappa shape index (κ2) is 8.53. The zero-order valence-corrected chi connectivity index (χ0v) is 16.2. The molecule has 1 aliphatic heterocycles. The number of likely N-dealkylation sites (tertiary alicyclic amines) is 1. The molecule has 1 heterocycles. The molecule has 0 N–H and O–H groups in total. The van der Waals surface area contributed by atoms with Crippen molar-refractivity contribution >= 4 is 15.7 Å². The van der Waals surface area contributed by atoms with Gasteiger partial charge in [0.1, 0.15) is 5.82 Å². The van der Waals surface area contributed by atoms with Crippen LogP contribution in [0.2, 0.25) is 0 Å². The zero-order chi connectivity index (χ0) is 20.1. The van der Waals surface area contributed by atoms with Crippen LogP contribution < -0.4 is 0 Å². The van der Waals surface area contributed by atoms with E-state index >= 15 is 0 Å². The summed E-state index contributed by atoms with van der Waals surface area (Å²) in [6.45, 7) is 0.800. The van der Waals surface area contributed by atoms with E-state index in [0.29, 0.717) is 44.3 Å². The van der Waals surface area contributed by atoms with Crippen molar-refractivity contribution in [2.75, 3.05) is 13.1 Å². The summed E-state index contributed by atoms with van der Waals surface area (Å²) in [5.74, 6) is -0.469. The molecule has 3 rings (SSSR count). The monoisotopic (exact) mass is 400 g/mol. The predicted octanol–water partition coefficient (Wildman–Crippen LogP) is 3.09. The van der Waals surface area contributed by atoms with Gasteiger partial charge in [-0.1, -0.05) is 12.1 Å². The molecule has 0 bridgehead atoms. The molecule has 1 saturated heterocycles. The summed E-state index contributed by atoms with van der Waals surface area (Å²) in [5.41, 5.74) is 1.57. The Labute approximate surface area is 164 Å². The van der Waals surface area contributed by atoms with Crippen molar-refractivity contribution in [2.24, 2.45) is 0 Å². The fourth-order valence-electron chi connectivity index (χ4n) is 3.39. The van der Waals surface area contributed by atoms with Gasteiger partial charge in [-0.05, 0) is 61.2 Å². The van der Waals surface area contributed by atoms with Gasteiger partial charge in [-0.3, -0.25) is 4.79 Å². The van der Waals surface area contributed by atoms with E-state index in [1.54, 1.807) is 17.0 Å². The summed E-state index contributed by atoms with van der Waals surface area (Å²) >= 11 is 0. The van der Waals surface area contributed by atoms with Crippen LogP contribution >= 0.6 is 0 Å². The maximum Gasteiger partial charge on any atom is 0.222 e. The summed E-state index contributed by atoms with van der Waals surface area (Å²) in [6.07, 6.45) is 1.68. The molecule has 1 amide bonds. The van der Waals surface area contributed by atoms with E-state index in [9.17, 15) is 17.6 Å². The standard InChI is InChI=1S/C21H21FN2O3S/c22-18-6-8-19(9-7-18)28(26,27)20-11-13-24(14-12-20)21(25)10-5-16-1-3-17(15-23)4-2-16/h1-4,6-9,20H,5,10-14H2. The molecule has 2 aromatic carbocycles. The molecule has 5 nitrogen and oxygen atoms in total. The van der Waals surface area contributed by atoms with Gasteiger partial charge in [0.15, 0.2) is 9.84 Å². The number of benzene rings is 2. The molecule has 146 valence electrons. The second-order valence-electron chi connectivity index (χ2n) is 6.89. The first kappa shape index (κ1) is 20.0. The number of sulfone groups is 1. The lowest BCUT2D eigenvalue weighted by molar-refractivity contribution is -0.132. The summed E-state index contributed by atoms with van der Waals surface area (Å²) in [7, 11) is -3.52. The van der Waals surface area contributed by atoms with Gasteiger partial charge in [-0.25, -0.2) is 12.8 Å². The van der Waals surface area contributed by atoms with Gasteiger partial charge in [-0.2, -0.15) is 5.26 Å². The van der Waals surface area contributed by atoms with Crippen molar-refractivity contribution in [1.29, 1.82) is 5.26 Å². The Kier molecular flexibility index (Phi) is 6.10. The minimum atomic E-state index is -3.52. The molecule has 7 heteroatoms. The van der Waals surface area contributed by atoms with Crippen LogP contribution in [0.5, 0.6) is 0 Å². The van der Waals surface area contributed by atoms with E-state index in [1.165, 1.54) is 12.1 Å². The lowest BCUT2D eigenvalue weighted by atomic mass is 10.1. The molecule has 0 unspecified atom stereocenters. The van der Waals surface area contributed by atoms with Gasteiger partial charge in [0.25, 0.3) is 0 Å². The van der Waals surface area contributed by atoms with Crippen molar-refractivity contribution in [3.05, 3.63) is 65.5 Å². The van der Waals surface area contributed by atoms with Gasteiger partial charge in [0, 0.05) is 19.5 Å². The van der Waals surface area contributed by atoms with Gasteiger partial charge < -0.3 is 4.90 Å². The van der Waals surface area contributed by atoms with Gasteiger partial charge >= 0.3 is 0 Å². The topological polar surface area (TPSA) is 78.2 Å². The zero-order valence-electron chi connectivity index (χ0n) is 15.3. The Morgan fingerprint density at radius 1 is 1.07 bits per heavy atom. The number of rotatable bonds is 5. The minimum absolute atomic E-state index is 0.00184. The highest BCUT2D eigenvalue weighted by Crippen LogP contribution is 2.25. The molecule has 1 aliphatic rings. The molecule has 0 atom stereocenters. The normalized spacial score (nSPS) is 15.2. The first-order valence-electron chi connectivity index (χ1n) is 9.16. The minimum Gasteiger partial charge on any atom is -0.343 e. The molecular weight excluding hydrogens is 379 g/mol. The van der Waals surface area contributed by atoms with Crippen LogP contribution in [0.4, 0.5) is 4.39 Å². The fourth-order valence-corrected chi connectivity index (χ4v) is 5.12. The van der Waals surface area contributed by atoms with Gasteiger partial charge in [0.05, 0.1) is 21.8 Å². The molecule has 2 aromatic rings. The largest absolute Gasteiger partial charge is 0.343 e. The van der Waals surface area contributed by atoms with Crippen LogP contribution in [0.15, 0.2) is 53.4 Å². The Balaban J connectivity index is 1.53. The average molecular weight is 400 g/mol. The van der Waals surface area contributed by atoms with E-state index in [0.717, 1.165) is 17.7 Å². The molecule has 0 aliphatic carbocycles. The van der Waals surface area contributed by atoms with E-state index in [1.807, 2.05) is 12.1 Å². The van der Waals surface area contributed by atoms with Crippen molar-refractivity contribution in [3.8, 4) is 6.07 Å². The number of halogens is 1. The van der Waals surface area contributed by atoms with Crippen LogP contribution in [0.1, 0.15) is 30.4 Å². The first-order chi connectivity index (χ1) is 13.4. The number of nitriles is 1. The predicted molar refractivity (Wildman–Crippen MR) is 103 cm³/mol. The van der Waals surface area contributed by atoms with E-state index in [4.69, 9.17) is 5.26 Å². The van der Waals surface area contributed by atoms with E-state index in [-0.39, 0.29) is 10.8 Å². The number of carbonyl (C=O) groups is 1. The fraction of sp³-hybridized carbons (Fsp3) is 0.333. The van der Waals surface area contributed by atoms with Crippen molar-refractivity contribution in [1.82, 2.24) is 4.90 Å². The summed E-state index contributed by atoms with van der Waals surface area (Å²) in [6, 6.07) is 14.1. The Morgan fingerprint density at radius 3 is 2.25 bits per heavy atom. The smallest absolute Gasteiger partial charge is 0.222 e. The quantitative estimate of drug-likeness (QED) is 0.723. The van der Waals surface area contributed by atoms with Crippen LogP contribution in [-0.4, -0.2) is 37.6 Å². The number of piperidine rings is 1. The molecule has 0 radical (unpaired) electrons. The highest BCUT2D eigenvalue weighted by molar-refractivity contribution is 7.92. The third-order valence-corrected chi connectivity index (χ3v) is 7.36. The molecule has 0 spiro atoms. The third-order valence-electron chi connectivity index (χ3n) is 5.09.